The van der Waals surface area contributed by atoms with Gasteiger partial charge in [0.2, 0.25) is 0 Å². The Balaban J connectivity index is 2.54. The van der Waals surface area contributed by atoms with Gasteiger partial charge < -0.3 is 9.84 Å². The number of carbonyl (C=O) groups is 1. The molecule has 0 aromatic rings. The highest BCUT2D eigenvalue weighted by atomic mass is 32.2. The van der Waals surface area contributed by atoms with Crippen LogP contribution in [0.25, 0.3) is 0 Å². The third kappa shape index (κ3) is 8.01. The summed E-state index contributed by atoms with van der Waals surface area (Å²) < 4.78 is 5.76. The van der Waals surface area contributed by atoms with Crippen molar-refractivity contribution in [2.45, 2.75) is 121 Å². The van der Waals surface area contributed by atoms with Crippen LogP contribution >= 0.6 is 23.5 Å². The Kier molecular flexibility index (Phi) is 9.57. The molecule has 0 saturated carbocycles. The number of aliphatic hydroxyl groups is 1. The molecule has 0 aliphatic heterocycles. The zero-order valence-corrected chi connectivity index (χ0v) is 29.1. The summed E-state index contributed by atoms with van der Waals surface area (Å²) in [5.74, 6) is 1.40. The summed E-state index contributed by atoms with van der Waals surface area (Å²) in [4.78, 5) is 14.7. The van der Waals surface area contributed by atoms with Crippen LogP contribution in [0, 0.1) is 33.0 Å². The Labute approximate surface area is 247 Å². The van der Waals surface area contributed by atoms with Crippen LogP contribution in [0.5, 0.6) is 0 Å². The summed E-state index contributed by atoms with van der Waals surface area (Å²) in [6, 6.07) is 0. The van der Waals surface area contributed by atoms with E-state index < -0.39 is 6.09 Å². The molecule has 0 spiro atoms. The van der Waals surface area contributed by atoms with E-state index in [0.717, 1.165) is 29.7 Å². The smallest absolute Gasteiger partial charge is 0.512 e. The summed E-state index contributed by atoms with van der Waals surface area (Å²) >= 11 is 3.82. The molecule has 6 heteroatoms. The first kappa shape index (κ1) is 34.1. The number of rotatable bonds is 5. The van der Waals surface area contributed by atoms with E-state index in [2.05, 4.69) is 122 Å². The first-order chi connectivity index (χ1) is 17.2. The van der Waals surface area contributed by atoms with E-state index in [1.165, 1.54) is 9.81 Å². The Bertz CT molecular complexity index is 1100. The highest BCUT2D eigenvalue weighted by Crippen LogP contribution is 2.59. The molecule has 222 valence electrons. The second-order valence-corrected chi connectivity index (χ2v) is 20.0. The maximum atomic E-state index is 12.1. The fourth-order valence-electron chi connectivity index (χ4n) is 5.33. The van der Waals surface area contributed by atoms with E-state index in [1.54, 1.807) is 0 Å². The number of amides is 1. The van der Waals surface area contributed by atoms with Crippen LogP contribution in [-0.4, -0.2) is 15.3 Å². The molecule has 2 aliphatic carbocycles. The predicted molar refractivity (Wildman–Crippen MR) is 170 cm³/mol. The van der Waals surface area contributed by atoms with Crippen molar-refractivity contribution in [1.82, 2.24) is 0 Å². The monoisotopic (exact) mass is 578 g/mol. The first-order valence-electron chi connectivity index (χ1n) is 14.2. The topological polar surface area (TPSA) is 74.2 Å². The van der Waals surface area contributed by atoms with Crippen molar-refractivity contribution >= 4 is 29.6 Å². The van der Waals surface area contributed by atoms with Crippen LogP contribution in [0.3, 0.4) is 0 Å². The van der Waals surface area contributed by atoms with Gasteiger partial charge in [-0.2, -0.15) is 4.79 Å². The van der Waals surface area contributed by atoms with Crippen molar-refractivity contribution in [2.24, 2.45) is 33.0 Å². The Morgan fingerprint density at radius 3 is 1.74 bits per heavy atom. The van der Waals surface area contributed by atoms with Gasteiger partial charge in [-0.1, -0.05) is 90.0 Å². The van der Waals surface area contributed by atoms with Crippen LogP contribution in [0.15, 0.2) is 44.6 Å². The van der Waals surface area contributed by atoms with Gasteiger partial charge in [0.15, 0.2) is 0 Å². The second-order valence-electron chi connectivity index (χ2n) is 16.2. The fraction of sp³-hybridized carbons (Fsp3) is 0.727. The molecule has 4 nitrogen and oxygen atoms in total. The SMILES string of the molecule is CC(C)(SC1=CC(C(C)(C)C)=C(O)C(C(C)(C)C)C1)SC1=CC(C(C)(C)C)=C(OC([NH3+])=O)C(C)(C(C)(C)C)C1. The van der Waals surface area contributed by atoms with E-state index >= 15 is 0 Å². The number of aliphatic hydroxyl groups excluding tert-OH is 1. The third-order valence-electron chi connectivity index (χ3n) is 8.18. The lowest BCUT2D eigenvalue weighted by atomic mass is 9.60. The first-order valence-corrected chi connectivity index (χ1v) is 15.8. The molecular formula is C33H56NO3S2+. The molecule has 0 saturated heterocycles. The van der Waals surface area contributed by atoms with Crippen molar-refractivity contribution in [3.63, 3.8) is 0 Å². The minimum Gasteiger partial charge on any atom is -0.512 e. The lowest BCUT2D eigenvalue weighted by Crippen LogP contribution is -2.58. The van der Waals surface area contributed by atoms with Gasteiger partial charge >= 0.3 is 6.09 Å². The van der Waals surface area contributed by atoms with Crippen LogP contribution in [0.4, 0.5) is 4.79 Å². The van der Waals surface area contributed by atoms with Gasteiger partial charge in [-0.3, -0.25) is 5.73 Å². The molecule has 2 aliphatic rings. The normalized spacial score (nSPS) is 24.1. The molecule has 0 aromatic carbocycles. The highest BCUT2D eigenvalue weighted by Gasteiger charge is 2.49. The van der Waals surface area contributed by atoms with Gasteiger partial charge in [-0.15, -0.1) is 23.5 Å². The standard InChI is InChI=1S/C33H55NO3S2/c1-28(2,3)22-16-20(17-23(25(22)35)29(4,5)6)38-32(13,14)39-21-18-24(30(7,8)9)26(37-27(34)36)33(15,19-21)31(10,11)12/h16,18,23,35H,17,19H2,1-15H3,(H2,34,36)/p+1. The minimum absolute atomic E-state index is 0.0350. The third-order valence-corrected chi connectivity index (χ3v) is 10.7. The minimum atomic E-state index is -0.508. The van der Waals surface area contributed by atoms with Crippen molar-refractivity contribution in [2.75, 3.05) is 0 Å². The van der Waals surface area contributed by atoms with Gasteiger partial charge in [0.05, 0.1) is 9.84 Å². The molecule has 1 amide bonds. The molecular weight excluding hydrogens is 523 g/mol. The van der Waals surface area contributed by atoms with Crippen molar-refractivity contribution in [1.29, 1.82) is 0 Å². The molecule has 2 atom stereocenters. The summed E-state index contributed by atoms with van der Waals surface area (Å²) in [5, 5.41) is 11.3. The van der Waals surface area contributed by atoms with E-state index in [4.69, 9.17) is 4.74 Å². The van der Waals surface area contributed by atoms with E-state index in [9.17, 15) is 9.90 Å². The van der Waals surface area contributed by atoms with E-state index in [0.29, 0.717) is 5.76 Å². The number of hydrogen-bond acceptors (Lipinski definition) is 5. The van der Waals surface area contributed by atoms with Gasteiger partial charge in [-0.25, -0.2) is 0 Å². The van der Waals surface area contributed by atoms with Crippen molar-refractivity contribution in [3.05, 3.63) is 44.6 Å². The summed E-state index contributed by atoms with van der Waals surface area (Å²) in [6.07, 6.45) is 5.64. The number of carbonyl (C=O) groups excluding carboxylic acids is 1. The summed E-state index contributed by atoms with van der Waals surface area (Å²) in [5.41, 5.74) is 4.79. The fourth-order valence-corrected chi connectivity index (χ4v) is 8.37. The van der Waals surface area contributed by atoms with Gasteiger partial charge in [0.1, 0.15) is 5.76 Å². The van der Waals surface area contributed by atoms with Crippen LogP contribution < -0.4 is 5.73 Å². The largest absolute Gasteiger partial charge is 0.516 e. The Morgan fingerprint density at radius 2 is 1.33 bits per heavy atom. The molecule has 39 heavy (non-hydrogen) atoms. The molecule has 0 fully saturated rings. The van der Waals surface area contributed by atoms with Crippen molar-refractivity contribution in [3.8, 4) is 0 Å². The quantitative estimate of drug-likeness (QED) is 0.318. The molecule has 0 heterocycles. The number of quaternary nitrogens is 1. The predicted octanol–water partition coefficient (Wildman–Crippen LogP) is 10.0. The zero-order valence-electron chi connectivity index (χ0n) is 27.4. The van der Waals surface area contributed by atoms with Crippen LogP contribution in [0.1, 0.15) is 117 Å². The van der Waals surface area contributed by atoms with Gasteiger partial charge in [-0.05, 0) is 81.5 Å². The summed E-state index contributed by atoms with van der Waals surface area (Å²) in [7, 11) is 0. The lowest BCUT2D eigenvalue weighted by Gasteiger charge is -2.47. The number of ether oxygens (including phenoxy) is 1. The summed E-state index contributed by atoms with van der Waals surface area (Å²) in [6.45, 7) is 33.2. The maximum Gasteiger partial charge on any atom is 0.516 e. The zero-order chi connectivity index (χ0) is 30.6. The number of hydrogen-bond donors (Lipinski definition) is 2. The van der Waals surface area contributed by atoms with E-state index in [-0.39, 0.29) is 37.1 Å². The second kappa shape index (κ2) is 10.9. The molecule has 0 bridgehead atoms. The molecule has 4 N–H and O–H groups in total. The van der Waals surface area contributed by atoms with Crippen LogP contribution in [-0.2, 0) is 4.74 Å². The number of thioether (sulfide) groups is 2. The molecule has 0 radical (unpaired) electrons. The molecule has 0 aromatic heterocycles. The highest BCUT2D eigenvalue weighted by molar-refractivity contribution is 8.21. The lowest BCUT2D eigenvalue weighted by molar-refractivity contribution is -0.280. The van der Waals surface area contributed by atoms with Crippen LogP contribution in [0.2, 0.25) is 0 Å². The maximum absolute atomic E-state index is 12.1. The van der Waals surface area contributed by atoms with Gasteiger partial charge in [0, 0.05) is 11.3 Å². The average molecular weight is 579 g/mol. The Morgan fingerprint density at radius 1 is 0.872 bits per heavy atom. The van der Waals surface area contributed by atoms with Gasteiger partial charge in [0.25, 0.3) is 0 Å². The molecule has 2 rings (SSSR count). The average Bonchev–Trinajstić information content (AvgIpc) is 2.66. The number of allylic oxidation sites excluding steroid dienone is 8. The Hall–Kier alpha value is -1.11. The molecule has 2 unspecified atom stereocenters. The van der Waals surface area contributed by atoms with E-state index in [1.807, 2.05) is 23.5 Å². The van der Waals surface area contributed by atoms with Crippen molar-refractivity contribution < 1.29 is 20.4 Å².